The third-order valence-electron chi connectivity index (χ3n) is 3.23. The van der Waals surface area contributed by atoms with E-state index in [1.807, 2.05) is 0 Å². The minimum atomic E-state index is -0.760. The van der Waals surface area contributed by atoms with E-state index in [0.29, 0.717) is 11.1 Å². The molecule has 2 aromatic heterocycles. The van der Waals surface area contributed by atoms with E-state index in [0.717, 1.165) is 0 Å². The summed E-state index contributed by atoms with van der Waals surface area (Å²) in [5, 5.41) is 3.78. The third-order valence-corrected chi connectivity index (χ3v) is 3.23. The molecule has 0 radical (unpaired) electrons. The highest BCUT2D eigenvalue weighted by Gasteiger charge is 2.21. The molecular formula is C16H13FN2O4. The number of rotatable bonds is 4. The molecule has 118 valence electrons. The molecule has 1 unspecified atom stereocenters. The molecule has 0 aliphatic heterocycles. The first kappa shape index (κ1) is 15.0. The van der Waals surface area contributed by atoms with E-state index in [4.69, 9.17) is 13.7 Å². The first-order valence-corrected chi connectivity index (χ1v) is 6.89. The number of hydrogen-bond donors (Lipinski definition) is 0. The molecule has 23 heavy (non-hydrogen) atoms. The minimum absolute atomic E-state index is 0.0807. The van der Waals surface area contributed by atoms with E-state index >= 15 is 0 Å². The summed E-state index contributed by atoms with van der Waals surface area (Å²) in [7, 11) is 0. The monoisotopic (exact) mass is 316 g/mol. The number of aryl methyl sites for hydroxylation is 1. The lowest BCUT2D eigenvalue weighted by molar-refractivity contribution is 0.0230. The van der Waals surface area contributed by atoms with Crippen LogP contribution in [0.1, 0.15) is 35.0 Å². The topological polar surface area (TPSA) is 78.4 Å². The second kappa shape index (κ2) is 6.04. The Kier molecular flexibility index (Phi) is 3.92. The molecule has 3 rings (SSSR count). The van der Waals surface area contributed by atoms with Gasteiger partial charge in [0.05, 0.1) is 6.26 Å². The summed E-state index contributed by atoms with van der Waals surface area (Å²) >= 11 is 0. The van der Waals surface area contributed by atoms with Crippen LogP contribution >= 0.6 is 0 Å². The van der Waals surface area contributed by atoms with E-state index in [9.17, 15) is 9.18 Å². The number of ether oxygens (including phenoxy) is 1. The maximum absolute atomic E-state index is 13.6. The molecule has 1 atom stereocenters. The van der Waals surface area contributed by atoms with Gasteiger partial charge in [-0.1, -0.05) is 17.3 Å². The van der Waals surface area contributed by atoms with E-state index < -0.39 is 12.1 Å². The van der Waals surface area contributed by atoms with Gasteiger partial charge in [0.15, 0.2) is 6.10 Å². The summed E-state index contributed by atoms with van der Waals surface area (Å²) in [5.41, 5.74) is 1.01. The molecule has 0 amide bonds. The van der Waals surface area contributed by atoms with Gasteiger partial charge in [-0.3, -0.25) is 0 Å². The van der Waals surface area contributed by atoms with Crippen molar-refractivity contribution in [3.63, 3.8) is 0 Å². The predicted octanol–water partition coefficient (Wildman–Crippen LogP) is 3.70. The second-order valence-electron chi connectivity index (χ2n) is 4.95. The summed E-state index contributed by atoms with van der Waals surface area (Å²) < 4.78 is 28.8. The quantitative estimate of drug-likeness (QED) is 0.683. The number of benzene rings is 1. The van der Waals surface area contributed by atoms with Crippen molar-refractivity contribution in [2.45, 2.75) is 20.0 Å². The van der Waals surface area contributed by atoms with Crippen LogP contribution in [0, 0.1) is 12.7 Å². The first-order valence-electron chi connectivity index (χ1n) is 6.89. The fourth-order valence-electron chi connectivity index (χ4n) is 1.91. The van der Waals surface area contributed by atoms with E-state index in [-0.39, 0.29) is 23.3 Å². The van der Waals surface area contributed by atoms with Crippen LogP contribution in [0.15, 0.2) is 45.5 Å². The maximum atomic E-state index is 13.6. The minimum Gasteiger partial charge on any atom is -0.457 e. The Morgan fingerprint density at radius 3 is 2.87 bits per heavy atom. The van der Waals surface area contributed by atoms with Crippen molar-refractivity contribution in [3.05, 3.63) is 59.6 Å². The fourth-order valence-corrected chi connectivity index (χ4v) is 1.91. The number of esters is 1. The van der Waals surface area contributed by atoms with Gasteiger partial charge in [0, 0.05) is 5.56 Å². The molecule has 0 bridgehead atoms. The van der Waals surface area contributed by atoms with Crippen molar-refractivity contribution >= 4 is 5.97 Å². The maximum Gasteiger partial charge on any atom is 0.374 e. The largest absolute Gasteiger partial charge is 0.457 e. The van der Waals surface area contributed by atoms with Crippen molar-refractivity contribution in [1.82, 2.24) is 10.1 Å². The smallest absolute Gasteiger partial charge is 0.374 e. The van der Waals surface area contributed by atoms with Crippen LogP contribution in [0.25, 0.3) is 11.4 Å². The Bertz CT molecular complexity index is 826. The number of aromatic nitrogens is 2. The molecular weight excluding hydrogens is 303 g/mol. The van der Waals surface area contributed by atoms with Crippen molar-refractivity contribution in [2.75, 3.05) is 0 Å². The number of carbonyl (C=O) groups excluding carboxylic acids is 1. The van der Waals surface area contributed by atoms with Crippen molar-refractivity contribution in [2.24, 2.45) is 0 Å². The molecule has 0 spiro atoms. The van der Waals surface area contributed by atoms with Crippen LogP contribution in [0.4, 0.5) is 4.39 Å². The SMILES string of the molecule is Cc1ccc(-c2noc(C(C)OC(=O)c3ccco3)n2)cc1F. The van der Waals surface area contributed by atoms with Crippen molar-refractivity contribution in [3.8, 4) is 11.4 Å². The molecule has 3 aromatic rings. The normalized spacial score (nSPS) is 12.1. The number of carbonyl (C=O) groups is 1. The van der Waals surface area contributed by atoms with E-state index in [2.05, 4.69) is 10.1 Å². The van der Waals surface area contributed by atoms with Crippen molar-refractivity contribution < 1.29 is 22.9 Å². The molecule has 0 N–H and O–H groups in total. The third kappa shape index (κ3) is 3.13. The molecule has 0 aliphatic rings. The van der Waals surface area contributed by atoms with Crippen LogP contribution in [-0.4, -0.2) is 16.1 Å². The summed E-state index contributed by atoms with van der Waals surface area (Å²) in [5.74, 6) is -0.576. The lowest BCUT2D eigenvalue weighted by Gasteiger charge is -2.06. The molecule has 0 aliphatic carbocycles. The molecule has 0 saturated carbocycles. The molecule has 1 aromatic carbocycles. The second-order valence-corrected chi connectivity index (χ2v) is 4.95. The van der Waals surface area contributed by atoms with Gasteiger partial charge >= 0.3 is 5.97 Å². The zero-order valence-corrected chi connectivity index (χ0v) is 12.4. The number of hydrogen-bond acceptors (Lipinski definition) is 6. The highest BCUT2D eigenvalue weighted by atomic mass is 19.1. The summed E-state index contributed by atoms with van der Waals surface area (Å²) in [6.45, 7) is 3.25. The molecule has 6 nitrogen and oxygen atoms in total. The van der Waals surface area contributed by atoms with E-state index in [1.54, 1.807) is 32.0 Å². The standard InChI is InChI=1S/C16H13FN2O4/c1-9-5-6-11(8-12(9)17)14-18-15(23-19-14)10(2)22-16(20)13-4-3-7-21-13/h3-8,10H,1-2H3. The van der Waals surface area contributed by atoms with E-state index in [1.165, 1.54) is 18.4 Å². The van der Waals surface area contributed by atoms with Gasteiger partial charge in [-0.05, 0) is 37.6 Å². The van der Waals surface area contributed by atoms with Crippen molar-refractivity contribution in [1.29, 1.82) is 0 Å². The van der Waals surface area contributed by atoms with Crippen LogP contribution in [0.3, 0.4) is 0 Å². The Balaban J connectivity index is 1.75. The van der Waals surface area contributed by atoms with Gasteiger partial charge in [0.25, 0.3) is 5.89 Å². The van der Waals surface area contributed by atoms with Crippen LogP contribution < -0.4 is 0 Å². The predicted molar refractivity (Wildman–Crippen MR) is 77.0 cm³/mol. The number of furan rings is 1. The highest BCUT2D eigenvalue weighted by Crippen LogP contribution is 2.23. The Morgan fingerprint density at radius 1 is 1.35 bits per heavy atom. The molecule has 7 heteroatoms. The average Bonchev–Trinajstić information content (AvgIpc) is 3.21. The molecule has 0 fully saturated rings. The Labute approximate surface area is 130 Å². The Hall–Kier alpha value is -2.96. The fraction of sp³-hybridized carbons (Fsp3) is 0.188. The Morgan fingerprint density at radius 2 is 2.17 bits per heavy atom. The first-order chi connectivity index (χ1) is 11.0. The van der Waals surface area contributed by atoms with Gasteiger partial charge in [-0.2, -0.15) is 4.98 Å². The molecule has 2 heterocycles. The summed E-state index contributed by atoms with van der Waals surface area (Å²) in [6.07, 6.45) is 0.613. The molecule has 0 saturated heterocycles. The van der Waals surface area contributed by atoms with Crippen LogP contribution in [0.5, 0.6) is 0 Å². The van der Waals surface area contributed by atoms with Crippen LogP contribution in [-0.2, 0) is 4.74 Å². The summed E-state index contributed by atoms with van der Waals surface area (Å²) in [6, 6.07) is 7.71. The zero-order chi connectivity index (χ0) is 16.4. The lowest BCUT2D eigenvalue weighted by atomic mass is 10.1. The number of halogens is 1. The lowest BCUT2D eigenvalue weighted by Crippen LogP contribution is -2.08. The zero-order valence-electron chi connectivity index (χ0n) is 12.4. The van der Waals surface area contributed by atoms with Gasteiger partial charge in [-0.25, -0.2) is 9.18 Å². The average molecular weight is 316 g/mol. The highest BCUT2D eigenvalue weighted by molar-refractivity contribution is 5.86. The van der Waals surface area contributed by atoms with Gasteiger partial charge in [-0.15, -0.1) is 0 Å². The van der Waals surface area contributed by atoms with Gasteiger partial charge in [0.1, 0.15) is 5.82 Å². The van der Waals surface area contributed by atoms with Crippen LogP contribution in [0.2, 0.25) is 0 Å². The summed E-state index contributed by atoms with van der Waals surface area (Å²) in [4.78, 5) is 15.9. The van der Waals surface area contributed by atoms with Gasteiger partial charge in [0.2, 0.25) is 11.6 Å². The number of nitrogens with zero attached hydrogens (tertiary/aromatic N) is 2. The van der Waals surface area contributed by atoms with Gasteiger partial charge < -0.3 is 13.7 Å².